The van der Waals surface area contributed by atoms with E-state index in [4.69, 9.17) is 11.6 Å². The molecule has 0 bridgehead atoms. The first kappa shape index (κ1) is 9.75. The van der Waals surface area contributed by atoms with E-state index in [1.807, 2.05) is 0 Å². The molecule has 0 aliphatic heterocycles. The first-order valence-corrected chi connectivity index (χ1v) is 5.92. The molecule has 2 rings (SSSR count). The van der Waals surface area contributed by atoms with Gasteiger partial charge in [0.2, 0.25) is 0 Å². The van der Waals surface area contributed by atoms with Crippen LogP contribution >= 0.6 is 22.9 Å². The van der Waals surface area contributed by atoms with Gasteiger partial charge in [0, 0.05) is 10.6 Å². The molecule has 0 unspecified atom stereocenters. The lowest BCUT2D eigenvalue weighted by molar-refractivity contribution is 1.43. The van der Waals surface area contributed by atoms with Gasteiger partial charge in [-0.1, -0.05) is 29.8 Å². The van der Waals surface area contributed by atoms with Gasteiger partial charge in [0.05, 0.1) is 0 Å². The molecule has 1 heterocycles. The highest BCUT2D eigenvalue weighted by Gasteiger charge is 2.00. The fourth-order valence-corrected chi connectivity index (χ4v) is 2.41. The van der Waals surface area contributed by atoms with E-state index in [-0.39, 0.29) is 0 Å². The van der Waals surface area contributed by atoms with Crippen LogP contribution in [-0.4, -0.2) is 5.88 Å². The van der Waals surface area contributed by atoms with E-state index in [0.717, 1.165) is 0 Å². The van der Waals surface area contributed by atoms with Crippen LogP contribution in [0.15, 0.2) is 35.2 Å². The molecule has 0 aliphatic rings. The summed E-state index contributed by atoms with van der Waals surface area (Å²) >= 11 is 7.53. The second-order valence-electron chi connectivity index (χ2n) is 3.31. The summed E-state index contributed by atoms with van der Waals surface area (Å²) in [6.07, 6.45) is 2.16. The molecule has 14 heavy (non-hydrogen) atoms. The maximum Gasteiger partial charge on any atom is 0.0434 e. The molecule has 0 saturated carbocycles. The van der Waals surface area contributed by atoms with Crippen molar-refractivity contribution in [1.82, 2.24) is 0 Å². The smallest absolute Gasteiger partial charge is 0.0434 e. The number of alkyl halides is 1. The Morgan fingerprint density at radius 2 is 2.21 bits per heavy atom. The molecule has 0 atom stereocenters. The normalized spacial score (nSPS) is 12.3. The molecule has 2 aromatic rings. The summed E-state index contributed by atoms with van der Waals surface area (Å²) in [5.41, 5.74) is 2.49. The Balaban J connectivity index is 2.53. The van der Waals surface area contributed by atoms with E-state index in [9.17, 15) is 0 Å². The van der Waals surface area contributed by atoms with Crippen molar-refractivity contribution in [2.75, 3.05) is 5.88 Å². The predicted molar refractivity (Wildman–Crippen MR) is 66.2 cm³/mol. The van der Waals surface area contributed by atoms with Gasteiger partial charge in [0.15, 0.2) is 0 Å². The molecular formula is C12H11ClS. The third-order valence-corrected chi connectivity index (χ3v) is 3.53. The van der Waals surface area contributed by atoms with Gasteiger partial charge in [-0.15, -0.1) is 22.9 Å². The first-order valence-electron chi connectivity index (χ1n) is 4.50. The largest absolute Gasteiger partial charge is 0.143 e. The zero-order valence-electron chi connectivity index (χ0n) is 7.96. The highest BCUT2D eigenvalue weighted by molar-refractivity contribution is 7.17. The summed E-state index contributed by atoms with van der Waals surface area (Å²) in [6, 6.07) is 8.44. The van der Waals surface area contributed by atoms with E-state index in [1.165, 1.54) is 21.2 Å². The van der Waals surface area contributed by atoms with Gasteiger partial charge >= 0.3 is 0 Å². The lowest BCUT2D eigenvalue weighted by Crippen LogP contribution is -1.76. The fourth-order valence-electron chi connectivity index (χ4n) is 1.41. The van der Waals surface area contributed by atoms with Crippen molar-refractivity contribution >= 4 is 39.1 Å². The monoisotopic (exact) mass is 222 g/mol. The highest BCUT2D eigenvalue weighted by atomic mass is 35.5. The molecule has 0 amide bonds. The first-order chi connectivity index (χ1) is 6.81. The van der Waals surface area contributed by atoms with Crippen LogP contribution in [-0.2, 0) is 0 Å². The van der Waals surface area contributed by atoms with Crippen LogP contribution in [0.2, 0.25) is 0 Å². The molecule has 0 spiro atoms. The van der Waals surface area contributed by atoms with Gasteiger partial charge in [0.25, 0.3) is 0 Å². The standard InChI is InChI=1S/C12H11ClS/c1-9(7-13)6-10-8-14-12-5-3-2-4-11(10)12/h2-6,8H,7H2,1H3. The zero-order valence-corrected chi connectivity index (χ0v) is 9.53. The van der Waals surface area contributed by atoms with Crippen molar-refractivity contribution in [2.45, 2.75) is 6.92 Å². The maximum atomic E-state index is 5.76. The summed E-state index contributed by atoms with van der Waals surface area (Å²) in [7, 11) is 0. The molecule has 0 saturated heterocycles. The van der Waals surface area contributed by atoms with Gasteiger partial charge in [-0.3, -0.25) is 0 Å². The van der Waals surface area contributed by atoms with Crippen molar-refractivity contribution in [1.29, 1.82) is 0 Å². The summed E-state index contributed by atoms with van der Waals surface area (Å²) in [5.74, 6) is 0.601. The van der Waals surface area contributed by atoms with Gasteiger partial charge in [-0.05, 0) is 29.3 Å². The molecule has 2 heteroatoms. The van der Waals surface area contributed by atoms with Crippen molar-refractivity contribution in [3.05, 3.63) is 40.8 Å². The third kappa shape index (κ3) is 1.84. The quantitative estimate of drug-likeness (QED) is 0.655. The van der Waals surface area contributed by atoms with Crippen LogP contribution in [0.5, 0.6) is 0 Å². The highest BCUT2D eigenvalue weighted by Crippen LogP contribution is 2.27. The molecule has 1 aromatic carbocycles. The van der Waals surface area contributed by atoms with E-state index in [0.29, 0.717) is 5.88 Å². The molecule has 0 fully saturated rings. The molecule has 0 nitrogen and oxygen atoms in total. The molecular weight excluding hydrogens is 212 g/mol. The van der Waals surface area contributed by atoms with Crippen molar-refractivity contribution < 1.29 is 0 Å². The van der Waals surface area contributed by atoms with Gasteiger partial charge in [0.1, 0.15) is 0 Å². The van der Waals surface area contributed by atoms with Crippen molar-refractivity contribution in [3.8, 4) is 0 Å². The minimum Gasteiger partial charge on any atom is -0.143 e. The number of halogens is 1. The van der Waals surface area contributed by atoms with Gasteiger partial charge in [-0.2, -0.15) is 0 Å². The summed E-state index contributed by atoms with van der Waals surface area (Å²) in [6.45, 7) is 2.06. The number of fused-ring (bicyclic) bond motifs is 1. The Bertz CT molecular complexity index is 468. The minimum atomic E-state index is 0.601. The second-order valence-corrected chi connectivity index (χ2v) is 4.49. The van der Waals surface area contributed by atoms with Crippen LogP contribution in [0.4, 0.5) is 0 Å². The average Bonchev–Trinajstić information content (AvgIpc) is 2.62. The molecule has 0 N–H and O–H groups in total. The number of allylic oxidation sites excluding steroid dienone is 1. The summed E-state index contributed by atoms with van der Waals surface area (Å²) in [5, 5.41) is 3.50. The average molecular weight is 223 g/mol. The van der Waals surface area contributed by atoms with Crippen LogP contribution in [0.25, 0.3) is 16.2 Å². The lowest BCUT2D eigenvalue weighted by atomic mass is 10.1. The summed E-state index contributed by atoms with van der Waals surface area (Å²) in [4.78, 5) is 0. The lowest BCUT2D eigenvalue weighted by Gasteiger charge is -1.94. The topological polar surface area (TPSA) is 0 Å². The van der Waals surface area contributed by atoms with E-state index < -0.39 is 0 Å². The molecule has 0 aliphatic carbocycles. The van der Waals surface area contributed by atoms with E-state index in [1.54, 1.807) is 11.3 Å². The Hall–Kier alpha value is -0.790. The Morgan fingerprint density at radius 1 is 1.43 bits per heavy atom. The summed E-state index contributed by atoms with van der Waals surface area (Å²) < 4.78 is 1.33. The van der Waals surface area contributed by atoms with Crippen LogP contribution in [0.1, 0.15) is 12.5 Å². The van der Waals surface area contributed by atoms with Crippen LogP contribution in [0.3, 0.4) is 0 Å². The molecule has 1 aromatic heterocycles. The Kier molecular flexibility index (Phi) is 2.90. The minimum absolute atomic E-state index is 0.601. The van der Waals surface area contributed by atoms with Crippen molar-refractivity contribution in [2.24, 2.45) is 0 Å². The third-order valence-electron chi connectivity index (χ3n) is 2.12. The second kappa shape index (κ2) is 4.16. The number of hydrogen-bond donors (Lipinski definition) is 0. The van der Waals surface area contributed by atoms with Crippen LogP contribution < -0.4 is 0 Å². The number of thiophene rings is 1. The fraction of sp³-hybridized carbons (Fsp3) is 0.167. The molecule has 0 radical (unpaired) electrons. The van der Waals surface area contributed by atoms with Gasteiger partial charge < -0.3 is 0 Å². The number of hydrogen-bond acceptors (Lipinski definition) is 1. The Labute approximate surface area is 92.8 Å². The maximum absolute atomic E-state index is 5.76. The SMILES string of the molecule is CC(=Cc1csc2ccccc12)CCl. The van der Waals surface area contributed by atoms with E-state index >= 15 is 0 Å². The van der Waals surface area contributed by atoms with Crippen LogP contribution in [0, 0.1) is 0 Å². The number of rotatable bonds is 2. The van der Waals surface area contributed by atoms with Gasteiger partial charge in [-0.25, -0.2) is 0 Å². The number of benzene rings is 1. The zero-order chi connectivity index (χ0) is 9.97. The Morgan fingerprint density at radius 3 is 3.00 bits per heavy atom. The molecule has 72 valence electrons. The van der Waals surface area contributed by atoms with E-state index in [2.05, 4.69) is 42.6 Å². The predicted octanol–water partition coefficient (Wildman–Crippen LogP) is 4.54. The van der Waals surface area contributed by atoms with Crippen molar-refractivity contribution in [3.63, 3.8) is 0 Å².